The molecule has 1 saturated heterocycles. The topological polar surface area (TPSA) is 79.6 Å². The normalized spacial score (nSPS) is 17.0. The van der Waals surface area contributed by atoms with E-state index in [1.165, 1.54) is 4.90 Å². The molecule has 2 rings (SSSR count). The molecule has 1 heterocycles. The lowest BCUT2D eigenvalue weighted by molar-refractivity contribution is -0.147. The maximum atomic E-state index is 13.8. The number of amides is 1. The average Bonchev–Trinajstić information content (AvgIpc) is 2.60. The van der Waals surface area contributed by atoms with Gasteiger partial charge in [-0.15, -0.1) is 0 Å². The van der Waals surface area contributed by atoms with Crippen LogP contribution in [0, 0.1) is 28.4 Å². The van der Waals surface area contributed by atoms with Crippen LogP contribution in [0.25, 0.3) is 0 Å². The predicted octanol–water partition coefficient (Wildman–Crippen LogP) is 4.54. The summed E-state index contributed by atoms with van der Waals surface area (Å²) >= 11 is 0. The molecule has 1 aliphatic heterocycles. The molecule has 30 heavy (non-hydrogen) atoms. The highest BCUT2D eigenvalue weighted by Crippen LogP contribution is 2.47. The van der Waals surface area contributed by atoms with Crippen molar-refractivity contribution in [3.05, 3.63) is 35.4 Å². The number of hydrogen-bond donors (Lipinski definition) is 0. The number of hydrogen-bond acceptors (Lipinski definition) is 5. The van der Waals surface area contributed by atoms with Gasteiger partial charge in [0, 0.05) is 24.6 Å². The van der Waals surface area contributed by atoms with E-state index in [1.807, 2.05) is 0 Å². The van der Waals surface area contributed by atoms with Gasteiger partial charge in [0.25, 0.3) is 0 Å². The lowest BCUT2D eigenvalue weighted by Gasteiger charge is -2.44. The SMILES string of the molecule is CCOC(=O)CC1(C(C#N)c2cc(F)cc(F)c2)CCN(C(=O)OC(C)(C)C)CC1. The molecule has 0 radical (unpaired) electrons. The van der Waals surface area contributed by atoms with Crippen molar-refractivity contribution < 1.29 is 27.8 Å². The second kappa shape index (κ2) is 9.41. The van der Waals surface area contributed by atoms with E-state index in [1.54, 1.807) is 27.7 Å². The third-order valence-corrected chi connectivity index (χ3v) is 5.17. The van der Waals surface area contributed by atoms with Crippen LogP contribution in [0.3, 0.4) is 0 Å². The van der Waals surface area contributed by atoms with Crippen LogP contribution in [0.15, 0.2) is 18.2 Å². The lowest BCUT2D eigenvalue weighted by atomic mass is 9.64. The minimum Gasteiger partial charge on any atom is -0.466 e. The number of nitrogens with zero attached hydrogens (tertiary/aromatic N) is 2. The van der Waals surface area contributed by atoms with Gasteiger partial charge < -0.3 is 14.4 Å². The second-order valence-electron chi connectivity index (χ2n) is 8.58. The molecular formula is C22H28F2N2O4. The van der Waals surface area contributed by atoms with E-state index in [9.17, 15) is 23.6 Å². The monoisotopic (exact) mass is 422 g/mol. The number of benzene rings is 1. The molecule has 1 fully saturated rings. The van der Waals surface area contributed by atoms with E-state index >= 15 is 0 Å². The number of nitriles is 1. The quantitative estimate of drug-likeness (QED) is 0.651. The molecule has 1 aromatic rings. The van der Waals surface area contributed by atoms with Gasteiger partial charge in [-0.25, -0.2) is 13.6 Å². The third-order valence-electron chi connectivity index (χ3n) is 5.17. The van der Waals surface area contributed by atoms with Crippen molar-refractivity contribution in [2.45, 2.75) is 58.5 Å². The Labute approximate surface area is 175 Å². The molecule has 1 amide bonds. The van der Waals surface area contributed by atoms with Gasteiger partial charge in [-0.1, -0.05) is 0 Å². The fourth-order valence-corrected chi connectivity index (χ4v) is 3.83. The molecule has 1 atom stereocenters. The summed E-state index contributed by atoms with van der Waals surface area (Å²) in [4.78, 5) is 26.2. The fraction of sp³-hybridized carbons (Fsp3) is 0.591. The molecule has 164 valence electrons. The van der Waals surface area contributed by atoms with Crippen molar-refractivity contribution in [3.8, 4) is 6.07 Å². The molecule has 8 heteroatoms. The molecular weight excluding hydrogens is 394 g/mol. The summed E-state index contributed by atoms with van der Waals surface area (Å²) in [5, 5.41) is 9.90. The van der Waals surface area contributed by atoms with Crippen LogP contribution in [0.5, 0.6) is 0 Å². The number of likely N-dealkylation sites (tertiary alicyclic amines) is 1. The zero-order chi connectivity index (χ0) is 22.5. The Morgan fingerprint density at radius 1 is 1.20 bits per heavy atom. The number of piperidine rings is 1. The van der Waals surface area contributed by atoms with Gasteiger partial charge in [-0.3, -0.25) is 4.79 Å². The zero-order valence-corrected chi connectivity index (χ0v) is 17.8. The van der Waals surface area contributed by atoms with E-state index in [0.29, 0.717) is 12.8 Å². The first-order valence-corrected chi connectivity index (χ1v) is 9.99. The largest absolute Gasteiger partial charge is 0.466 e. The van der Waals surface area contributed by atoms with Crippen LogP contribution in [-0.4, -0.2) is 42.3 Å². The summed E-state index contributed by atoms with van der Waals surface area (Å²) in [6.07, 6.45) is 0.0277. The molecule has 0 N–H and O–H groups in total. The number of carbonyl (C=O) groups excluding carboxylic acids is 2. The van der Waals surface area contributed by atoms with Crippen LogP contribution >= 0.6 is 0 Å². The Morgan fingerprint density at radius 3 is 2.23 bits per heavy atom. The maximum absolute atomic E-state index is 13.8. The summed E-state index contributed by atoms with van der Waals surface area (Å²) in [6, 6.07) is 5.10. The number of rotatable bonds is 5. The van der Waals surface area contributed by atoms with E-state index in [-0.39, 0.29) is 31.7 Å². The van der Waals surface area contributed by atoms with Crippen molar-refractivity contribution in [1.82, 2.24) is 4.90 Å². The van der Waals surface area contributed by atoms with E-state index in [4.69, 9.17) is 9.47 Å². The van der Waals surface area contributed by atoms with Crippen molar-refractivity contribution in [2.75, 3.05) is 19.7 Å². The Morgan fingerprint density at radius 2 is 1.77 bits per heavy atom. The molecule has 1 aromatic carbocycles. The molecule has 0 spiro atoms. The van der Waals surface area contributed by atoms with Gasteiger partial charge in [0.2, 0.25) is 0 Å². The predicted molar refractivity (Wildman–Crippen MR) is 105 cm³/mol. The highest BCUT2D eigenvalue weighted by molar-refractivity contribution is 5.71. The molecule has 0 saturated carbocycles. The first-order valence-electron chi connectivity index (χ1n) is 9.99. The van der Waals surface area contributed by atoms with Crippen molar-refractivity contribution in [3.63, 3.8) is 0 Å². The van der Waals surface area contributed by atoms with Gasteiger partial charge in [-0.2, -0.15) is 5.26 Å². The first-order chi connectivity index (χ1) is 14.0. The summed E-state index contributed by atoms with van der Waals surface area (Å²) in [5.41, 5.74) is -1.39. The number of halogens is 2. The summed E-state index contributed by atoms with van der Waals surface area (Å²) < 4.78 is 38.1. The molecule has 6 nitrogen and oxygen atoms in total. The number of esters is 1. The van der Waals surface area contributed by atoms with E-state index in [0.717, 1.165) is 18.2 Å². The Hall–Kier alpha value is -2.69. The van der Waals surface area contributed by atoms with E-state index in [2.05, 4.69) is 6.07 Å². The molecule has 0 bridgehead atoms. The smallest absolute Gasteiger partial charge is 0.410 e. The Kier molecular flexibility index (Phi) is 7.40. The van der Waals surface area contributed by atoms with Crippen molar-refractivity contribution in [1.29, 1.82) is 5.26 Å². The van der Waals surface area contributed by atoms with Gasteiger partial charge in [-0.05, 0) is 58.2 Å². The highest BCUT2D eigenvalue weighted by Gasteiger charge is 2.46. The minimum absolute atomic E-state index is 0.0840. The average molecular weight is 422 g/mol. The van der Waals surface area contributed by atoms with Crippen LogP contribution in [0.1, 0.15) is 58.4 Å². The van der Waals surface area contributed by atoms with Crippen molar-refractivity contribution >= 4 is 12.1 Å². The Bertz CT molecular complexity index is 801. The van der Waals surface area contributed by atoms with Crippen LogP contribution in [-0.2, 0) is 14.3 Å². The van der Waals surface area contributed by atoms with Crippen LogP contribution in [0.4, 0.5) is 13.6 Å². The number of ether oxygens (including phenoxy) is 2. The van der Waals surface area contributed by atoms with E-state index < -0.39 is 40.6 Å². The van der Waals surface area contributed by atoms with Crippen molar-refractivity contribution in [2.24, 2.45) is 5.41 Å². The third kappa shape index (κ3) is 5.91. The zero-order valence-electron chi connectivity index (χ0n) is 17.8. The number of carbonyl (C=O) groups is 2. The van der Waals surface area contributed by atoms with Gasteiger partial charge in [0.15, 0.2) is 0 Å². The minimum atomic E-state index is -0.937. The standard InChI is InChI=1S/C22H28F2N2O4/c1-5-29-19(27)13-22(18(14-25)15-10-16(23)12-17(24)11-15)6-8-26(9-7-22)20(28)30-21(2,3)4/h10-12,18H,5-9,13H2,1-4H3. The molecule has 0 aromatic heterocycles. The van der Waals surface area contributed by atoms with Gasteiger partial charge in [0.1, 0.15) is 17.2 Å². The first kappa shape index (κ1) is 23.6. The van der Waals surface area contributed by atoms with Crippen LogP contribution < -0.4 is 0 Å². The summed E-state index contributed by atoms with van der Waals surface area (Å²) in [5.74, 6) is -3.00. The second-order valence-corrected chi connectivity index (χ2v) is 8.58. The highest BCUT2D eigenvalue weighted by atomic mass is 19.1. The maximum Gasteiger partial charge on any atom is 0.410 e. The lowest BCUT2D eigenvalue weighted by Crippen LogP contribution is -2.47. The fourth-order valence-electron chi connectivity index (χ4n) is 3.83. The Balaban J connectivity index is 2.32. The molecule has 1 unspecified atom stereocenters. The van der Waals surface area contributed by atoms with Gasteiger partial charge >= 0.3 is 12.1 Å². The summed E-state index contributed by atoms with van der Waals surface area (Å²) in [6.45, 7) is 7.68. The van der Waals surface area contributed by atoms with Crippen LogP contribution in [0.2, 0.25) is 0 Å². The van der Waals surface area contributed by atoms with Gasteiger partial charge in [0.05, 0.1) is 25.0 Å². The summed E-state index contributed by atoms with van der Waals surface area (Å²) in [7, 11) is 0. The molecule has 1 aliphatic rings. The molecule has 0 aliphatic carbocycles.